The number of likely N-dealkylation sites (N-methyl/N-ethyl adjacent to an activating group) is 1. The molecule has 5 atom stereocenters. The molecule has 1 aromatic rings. The molecule has 3 saturated carbocycles. The molecule has 4 aliphatic rings. The summed E-state index contributed by atoms with van der Waals surface area (Å²) < 4.78 is 27.8. The minimum atomic E-state index is -3.95. The minimum Gasteiger partial charge on any atom is -0.347 e. The molecule has 306 valence electrons. The van der Waals surface area contributed by atoms with Crippen LogP contribution in [0.4, 0.5) is 4.79 Å². The van der Waals surface area contributed by atoms with Crippen molar-refractivity contribution in [3.63, 3.8) is 0 Å². The maximum absolute atomic E-state index is 14.9. The number of ketones is 1. The number of pyridine rings is 1. The highest BCUT2D eigenvalue weighted by Crippen LogP contribution is 2.88. The lowest BCUT2D eigenvalue weighted by Crippen LogP contribution is -2.62. The Labute approximate surface area is 327 Å². The molecule has 0 radical (unpaired) electrons. The van der Waals surface area contributed by atoms with E-state index < -0.39 is 74.6 Å². The maximum Gasteiger partial charge on any atom is 0.315 e. The van der Waals surface area contributed by atoms with Gasteiger partial charge in [-0.15, -0.1) is 0 Å². The van der Waals surface area contributed by atoms with Gasteiger partial charge in [0.15, 0.2) is 5.03 Å². The van der Waals surface area contributed by atoms with Gasteiger partial charge in [-0.1, -0.05) is 81.2 Å². The fourth-order valence-corrected chi connectivity index (χ4v) is 10.3. The average molecular weight is 786 g/mol. The number of hydrogen-bond donors (Lipinski definition) is 4. The Bertz CT molecular complexity index is 1760. The third-order valence-electron chi connectivity index (χ3n) is 13.2. The van der Waals surface area contributed by atoms with Crippen LogP contribution >= 0.6 is 0 Å². The summed E-state index contributed by atoms with van der Waals surface area (Å²) in [5.41, 5.74) is -1.82. The van der Waals surface area contributed by atoms with Crippen LogP contribution in [0.15, 0.2) is 29.4 Å². The quantitative estimate of drug-likeness (QED) is 0.205. The number of nitrogens with one attached hydrogen (secondary N) is 4. The Morgan fingerprint density at radius 1 is 0.964 bits per heavy atom. The molecule has 3 aliphatic carbocycles. The molecular formula is C40H63N7O7S. The van der Waals surface area contributed by atoms with Crippen LogP contribution < -0.4 is 21.3 Å². The molecule has 0 bridgehead atoms. The predicted octanol–water partition coefficient (Wildman–Crippen LogP) is 3.76. The largest absolute Gasteiger partial charge is 0.347 e. The fraction of sp³-hybridized carbons (Fsp3) is 0.750. The number of carbonyl (C=O) groups is 5. The van der Waals surface area contributed by atoms with E-state index in [0.717, 1.165) is 36.4 Å². The van der Waals surface area contributed by atoms with Gasteiger partial charge in [-0.2, -0.15) is 4.31 Å². The topological polar surface area (TPSA) is 187 Å². The highest BCUT2D eigenvalue weighted by molar-refractivity contribution is 7.89. The Morgan fingerprint density at radius 3 is 2.11 bits per heavy atom. The van der Waals surface area contributed by atoms with Crippen molar-refractivity contribution in [2.45, 2.75) is 149 Å². The summed E-state index contributed by atoms with van der Waals surface area (Å²) in [6.07, 6.45) is 7.42. The third kappa shape index (κ3) is 8.01. The van der Waals surface area contributed by atoms with Crippen LogP contribution in [-0.4, -0.2) is 102 Å². The number of hydrogen-bond acceptors (Lipinski definition) is 8. The minimum absolute atomic E-state index is 0.0000544. The summed E-state index contributed by atoms with van der Waals surface area (Å²) >= 11 is 0. The van der Waals surface area contributed by atoms with Gasteiger partial charge in [0, 0.05) is 43.8 Å². The van der Waals surface area contributed by atoms with Gasteiger partial charge >= 0.3 is 6.03 Å². The third-order valence-corrected chi connectivity index (χ3v) is 15.0. The lowest BCUT2D eigenvalue weighted by Gasteiger charge is -2.38. The van der Waals surface area contributed by atoms with Crippen molar-refractivity contribution < 1.29 is 32.4 Å². The molecule has 14 nitrogen and oxygen atoms in total. The van der Waals surface area contributed by atoms with E-state index in [9.17, 15) is 32.4 Å². The van der Waals surface area contributed by atoms with Gasteiger partial charge in [-0.3, -0.25) is 19.2 Å². The zero-order valence-corrected chi connectivity index (χ0v) is 35.2. The first-order chi connectivity index (χ1) is 25.4. The lowest BCUT2D eigenvalue weighted by molar-refractivity contribution is -0.144. The molecule has 55 heavy (non-hydrogen) atoms. The highest BCUT2D eigenvalue weighted by Gasteiger charge is 2.85. The van der Waals surface area contributed by atoms with E-state index in [2.05, 4.69) is 40.1 Å². The standard InChI is InChI=1S/C40H63N7O7S/c1-11-15-26(30(48)33(50)42-25-17-18-25)43-32(49)27-22-40(38(8,9)39(40)19-14-20-39)24-47(27)34(51)31(37(5,6)7)45-35(52)44-28(36(2,3)4)23-46(10)55(53,54)29-16-12-13-21-41-29/h12-13,16,21,25-28,31H,11,14-15,17-20,22-24H2,1-10H3,(H,42,50)(H,43,49)(H2,44,45,52)/t26?,27-,28+,31+,40+/m0/s1. The molecule has 15 heteroatoms. The number of likely N-dealkylation sites (tertiary alicyclic amines) is 1. The van der Waals surface area contributed by atoms with Crippen LogP contribution in [-0.2, 0) is 29.2 Å². The highest BCUT2D eigenvalue weighted by atomic mass is 32.2. The summed E-state index contributed by atoms with van der Waals surface area (Å²) in [6.45, 7) is 17.8. The molecule has 2 heterocycles. The van der Waals surface area contributed by atoms with Crippen LogP contribution in [0.3, 0.4) is 0 Å². The van der Waals surface area contributed by atoms with E-state index >= 15 is 0 Å². The number of urea groups is 1. The zero-order valence-electron chi connectivity index (χ0n) is 34.4. The van der Waals surface area contributed by atoms with Gasteiger partial charge in [-0.25, -0.2) is 18.2 Å². The van der Waals surface area contributed by atoms with Crippen molar-refractivity contribution in [1.29, 1.82) is 0 Å². The van der Waals surface area contributed by atoms with Crippen molar-refractivity contribution in [3.05, 3.63) is 24.4 Å². The van der Waals surface area contributed by atoms with Gasteiger partial charge in [0.1, 0.15) is 12.1 Å². The van der Waals surface area contributed by atoms with E-state index in [1.165, 1.54) is 19.3 Å². The molecule has 1 saturated heterocycles. The van der Waals surface area contributed by atoms with Crippen molar-refractivity contribution in [3.8, 4) is 0 Å². The van der Waals surface area contributed by atoms with E-state index in [1.807, 2.05) is 48.5 Å². The van der Waals surface area contributed by atoms with Crippen LogP contribution in [0.5, 0.6) is 0 Å². The lowest BCUT2D eigenvalue weighted by atomic mass is 9.73. The summed E-state index contributed by atoms with van der Waals surface area (Å²) in [5.74, 6) is -2.28. The number of Topliss-reactive ketones (excluding diaryl/α,β-unsaturated/α-hetero) is 1. The first-order valence-corrected chi connectivity index (χ1v) is 21.3. The Balaban J connectivity index is 1.38. The van der Waals surface area contributed by atoms with Gasteiger partial charge in [0.25, 0.3) is 15.9 Å². The molecule has 0 aromatic carbocycles. The van der Waals surface area contributed by atoms with Crippen LogP contribution in [0.2, 0.25) is 0 Å². The second-order valence-corrected chi connectivity index (χ2v) is 21.1. The molecule has 5 rings (SSSR count). The van der Waals surface area contributed by atoms with Crippen LogP contribution in [0.25, 0.3) is 0 Å². The molecule has 2 spiro atoms. The first kappa shape index (κ1) is 42.6. The summed E-state index contributed by atoms with van der Waals surface area (Å²) in [7, 11) is -2.52. The Kier molecular flexibility index (Phi) is 11.6. The smallest absolute Gasteiger partial charge is 0.315 e. The SMILES string of the molecule is CCCC(NC(=O)[C@@H]1C[C@@]2(CN1C(=O)[C@@H](NC(=O)N[C@H](CN(C)S(=O)(=O)c1ccccn1)C(C)(C)C)C(C)(C)C)C(C)(C)C21CCC1)C(=O)C(=O)NC1CC1. The fourth-order valence-electron chi connectivity index (χ4n) is 9.23. The number of amides is 5. The van der Waals surface area contributed by atoms with Gasteiger partial charge in [0.05, 0.1) is 6.04 Å². The molecular weight excluding hydrogens is 723 g/mol. The average Bonchev–Trinajstić information content (AvgIpc) is 3.90. The molecule has 4 N–H and O–H groups in total. The van der Waals surface area contributed by atoms with Crippen molar-refractivity contribution in [1.82, 2.24) is 35.5 Å². The molecule has 1 unspecified atom stereocenters. The summed E-state index contributed by atoms with van der Waals surface area (Å²) in [6, 6.07) is 0.311. The van der Waals surface area contributed by atoms with Crippen LogP contribution in [0, 0.1) is 27.1 Å². The number of rotatable bonds is 14. The van der Waals surface area contributed by atoms with E-state index in [4.69, 9.17) is 0 Å². The van der Waals surface area contributed by atoms with Crippen molar-refractivity contribution in [2.75, 3.05) is 20.1 Å². The molecule has 1 aromatic heterocycles. The van der Waals surface area contributed by atoms with Crippen molar-refractivity contribution in [2.24, 2.45) is 27.1 Å². The normalized spacial score (nSPS) is 24.4. The Hall–Kier alpha value is -3.59. The molecule has 5 amide bonds. The monoisotopic (exact) mass is 785 g/mol. The van der Waals surface area contributed by atoms with Gasteiger partial charge in [0.2, 0.25) is 17.6 Å². The summed E-state index contributed by atoms with van der Waals surface area (Å²) in [5, 5.41) is 11.4. The Morgan fingerprint density at radius 2 is 1.62 bits per heavy atom. The predicted molar refractivity (Wildman–Crippen MR) is 208 cm³/mol. The van der Waals surface area contributed by atoms with E-state index in [0.29, 0.717) is 19.4 Å². The number of aromatic nitrogens is 1. The number of sulfonamides is 1. The van der Waals surface area contributed by atoms with Crippen LogP contribution in [0.1, 0.15) is 114 Å². The molecule has 1 aliphatic heterocycles. The zero-order chi connectivity index (χ0) is 40.9. The van der Waals surface area contributed by atoms with Gasteiger partial charge < -0.3 is 26.2 Å². The second-order valence-electron chi connectivity index (χ2n) is 19.1. The number of carbonyl (C=O) groups excluding carboxylic acids is 5. The molecule has 4 fully saturated rings. The van der Waals surface area contributed by atoms with Gasteiger partial charge in [-0.05, 0) is 72.3 Å². The maximum atomic E-state index is 14.9. The second kappa shape index (κ2) is 15.1. The number of fused-ring (bicyclic) bond motifs is 1. The van der Waals surface area contributed by atoms with E-state index in [-0.39, 0.29) is 40.3 Å². The van der Waals surface area contributed by atoms with E-state index in [1.54, 1.807) is 17.0 Å². The van der Waals surface area contributed by atoms with Crippen molar-refractivity contribution >= 4 is 39.6 Å². The first-order valence-electron chi connectivity index (χ1n) is 19.8. The number of nitrogens with zero attached hydrogens (tertiary/aromatic N) is 3. The summed E-state index contributed by atoms with van der Waals surface area (Å²) in [4.78, 5) is 74.8.